The monoisotopic (exact) mass is 368 g/mol. The summed E-state index contributed by atoms with van der Waals surface area (Å²) in [6.45, 7) is 1.48. The minimum Gasteiger partial charge on any atom is -0.377 e. The molecule has 0 aliphatic carbocycles. The van der Waals surface area contributed by atoms with E-state index in [2.05, 4.69) is 4.98 Å². The maximum absolute atomic E-state index is 14.1. The number of nitrogens with one attached hydrogen (secondary N) is 1. The molecule has 1 aliphatic heterocycles. The molecule has 0 spiro atoms. The van der Waals surface area contributed by atoms with Crippen LogP contribution in [0.1, 0.15) is 43.0 Å². The van der Waals surface area contributed by atoms with E-state index in [0.717, 1.165) is 22.2 Å². The number of amides is 1. The number of carbonyl (C=O) groups is 1. The molecule has 1 aromatic carbocycles. The number of halogens is 3. The zero-order chi connectivity index (χ0) is 18.8. The van der Waals surface area contributed by atoms with Gasteiger partial charge >= 0.3 is 6.18 Å². The largest absolute Gasteiger partial charge is 0.413 e. The van der Waals surface area contributed by atoms with Gasteiger partial charge in [-0.3, -0.25) is 4.79 Å². The average molecular weight is 368 g/mol. The molecule has 26 heavy (non-hydrogen) atoms. The molecule has 0 bridgehead atoms. The third-order valence-electron chi connectivity index (χ3n) is 5.09. The van der Waals surface area contributed by atoms with Crippen molar-refractivity contribution in [3.8, 4) is 0 Å². The number of unbranched alkanes of at least 4 members (excludes halogenated alkanes) is 2. The Morgan fingerprint density at radius 1 is 1.31 bits per heavy atom. The highest BCUT2D eigenvalue weighted by atomic mass is 19.4. The lowest BCUT2D eigenvalue weighted by Gasteiger charge is -2.47. The molecule has 142 valence electrons. The predicted octanol–water partition coefficient (Wildman–Crippen LogP) is 4.52. The summed E-state index contributed by atoms with van der Waals surface area (Å²) in [5.74, 6) is -0.598. The Balaban J connectivity index is 1.95. The number of hydrogen-bond donors (Lipinski definition) is 1. The maximum atomic E-state index is 14.1. The summed E-state index contributed by atoms with van der Waals surface area (Å²) in [5.41, 5.74) is -1.28. The van der Waals surface area contributed by atoms with Crippen LogP contribution < -0.4 is 0 Å². The fourth-order valence-corrected chi connectivity index (χ4v) is 3.57. The first-order valence-electron chi connectivity index (χ1n) is 8.92. The molecule has 2 aromatic rings. The van der Waals surface area contributed by atoms with E-state index >= 15 is 0 Å². The quantitative estimate of drug-likeness (QED) is 0.789. The van der Waals surface area contributed by atoms with Crippen molar-refractivity contribution in [1.29, 1.82) is 0 Å². The molecule has 1 amide bonds. The first kappa shape index (κ1) is 18.8. The van der Waals surface area contributed by atoms with Crippen molar-refractivity contribution in [1.82, 2.24) is 9.88 Å². The highest BCUT2D eigenvalue weighted by Crippen LogP contribution is 2.42. The van der Waals surface area contributed by atoms with E-state index < -0.39 is 24.2 Å². The summed E-state index contributed by atoms with van der Waals surface area (Å²) in [7, 11) is 0. The Morgan fingerprint density at radius 3 is 2.85 bits per heavy atom. The van der Waals surface area contributed by atoms with Gasteiger partial charge in [-0.2, -0.15) is 13.2 Å². The number of H-pyrrole nitrogens is 1. The van der Waals surface area contributed by atoms with Crippen molar-refractivity contribution in [2.45, 2.75) is 44.3 Å². The molecule has 1 saturated heterocycles. The Kier molecular flexibility index (Phi) is 5.27. The number of aromatic nitrogens is 1. The lowest BCUT2D eigenvalue weighted by molar-refractivity contribution is -0.255. The summed E-state index contributed by atoms with van der Waals surface area (Å²) >= 11 is 0. The molecular formula is C19H23F3N2O2. The zero-order valence-electron chi connectivity index (χ0n) is 14.7. The van der Waals surface area contributed by atoms with Gasteiger partial charge in [0.15, 0.2) is 5.54 Å². The van der Waals surface area contributed by atoms with E-state index in [4.69, 9.17) is 4.74 Å². The standard InChI is InChI=1S/C19H23F3N2O2/c1-2-3-4-8-18(19(20,21)22)13-26-11-10-24(18)17(25)15-6-5-14-7-9-23-16(14)12-15/h5-7,9,12,23H,2-4,8,10-11,13H2,1H3. The molecular weight excluding hydrogens is 345 g/mol. The van der Waals surface area contributed by atoms with Crippen molar-refractivity contribution in [2.24, 2.45) is 0 Å². The summed E-state index contributed by atoms with van der Waals surface area (Å²) in [4.78, 5) is 17.0. The van der Waals surface area contributed by atoms with Crippen molar-refractivity contribution >= 4 is 16.8 Å². The molecule has 4 nitrogen and oxygen atoms in total. The fraction of sp³-hybridized carbons (Fsp3) is 0.526. The molecule has 0 saturated carbocycles. The third-order valence-corrected chi connectivity index (χ3v) is 5.09. The van der Waals surface area contributed by atoms with Crippen LogP contribution in [0.3, 0.4) is 0 Å². The van der Waals surface area contributed by atoms with Crippen LogP contribution in [0.5, 0.6) is 0 Å². The molecule has 0 radical (unpaired) electrons. The Bertz CT molecular complexity index is 771. The minimum atomic E-state index is -4.55. The van der Waals surface area contributed by atoms with Crippen molar-refractivity contribution in [3.63, 3.8) is 0 Å². The number of ether oxygens (including phenoxy) is 1. The highest BCUT2D eigenvalue weighted by Gasteiger charge is 2.60. The Morgan fingerprint density at radius 2 is 2.12 bits per heavy atom. The van der Waals surface area contributed by atoms with E-state index in [1.54, 1.807) is 24.4 Å². The van der Waals surface area contributed by atoms with E-state index in [1.807, 2.05) is 13.0 Å². The maximum Gasteiger partial charge on any atom is 0.413 e. The van der Waals surface area contributed by atoms with E-state index in [9.17, 15) is 18.0 Å². The summed E-state index contributed by atoms with van der Waals surface area (Å²) in [6.07, 6.45) is -1.05. The molecule has 7 heteroatoms. The molecule has 2 heterocycles. The van der Waals surface area contributed by atoms with Gasteiger partial charge in [-0.1, -0.05) is 32.3 Å². The first-order valence-corrected chi connectivity index (χ1v) is 8.92. The first-order chi connectivity index (χ1) is 12.4. The van der Waals surface area contributed by atoms with Gasteiger partial charge in [-0.15, -0.1) is 0 Å². The van der Waals surface area contributed by atoms with Gasteiger partial charge in [0, 0.05) is 23.8 Å². The predicted molar refractivity (Wildman–Crippen MR) is 93.1 cm³/mol. The van der Waals surface area contributed by atoms with Crippen LogP contribution in [0, 0.1) is 0 Å². The summed E-state index contributed by atoms with van der Waals surface area (Å²) in [5, 5.41) is 0.911. The molecule has 3 rings (SSSR count). The van der Waals surface area contributed by atoms with E-state index in [1.165, 1.54) is 0 Å². The van der Waals surface area contributed by atoms with E-state index in [0.29, 0.717) is 12.8 Å². The van der Waals surface area contributed by atoms with Gasteiger partial charge in [-0.25, -0.2) is 0 Å². The summed E-state index contributed by atoms with van der Waals surface area (Å²) in [6, 6.07) is 6.79. The minimum absolute atomic E-state index is 0.0623. The fourth-order valence-electron chi connectivity index (χ4n) is 3.57. The number of fused-ring (bicyclic) bond motifs is 1. The molecule has 1 atom stereocenters. The van der Waals surface area contributed by atoms with Gasteiger partial charge in [0.1, 0.15) is 0 Å². The van der Waals surface area contributed by atoms with Gasteiger partial charge in [-0.05, 0) is 30.0 Å². The molecule has 1 unspecified atom stereocenters. The number of rotatable bonds is 5. The number of benzene rings is 1. The van der Waals surface area contributed by atoms with E-state index in [-0.39, 0.29) is 25.1 Å². The van der Waals surface area contributed by atoms with Crippen LogP contribution >= 0.6 is 0 Å². The van der Waals surface area contributed by atoms with Crippen molar-refractivity contribution in [2.75, 3.05) is 19.8 Å². The number of hydrogen-bond acceptors (Lipinski definition) is 2. The Hall–Kier alpha value is -2.02. The SMILES string of the molecule is CCCCCC1(C(F)(F)F)COCCN1C(=O)c1ccc2cc[nH]c2c1. The van der Waals surface area contributed by atoms with Crippen LogP contribution in [-0.2, 0) is 4.74 Å². The number of alkyl halides is 3. The molecule has 1 fully saturated rings. The zero-order valence-corrected chi connectivity index (χ0v) is 14.7. The average Bonchev–Trinajstić information content (AvgIpc) is 3.08. The second-order valence-electron chi connectivity index (χ2n) is 6.78. The lowest BCUT2D eigenvalue weighted by atomic mass is 9.88. The van der Waals surface area contributed by atoms with Crippen LogP contribution in [0.25, 0.3) is 10.9 Å². The second kappa shape index (κ2) is 7.31. The number of aromatic amines is 1. The van der Waals surface area contributed by atoms with Crippen LogP contribution in [-0.4, -0.2) is 47.3 Å². The molecule has 1 N–H and O–H groups in total. The van der Waals surface area contributed by atoms with Gasteiger partial charge in [0.25, 0.3) is 5.91 Å². The second-order valence-corrected chi connectivity index (χ2v) is 6.78. The topological polar surface area (TPSA) is 45.3 Å². The van der Waals surface area contributed by atoms with Crippen molar-refractivity contribution in [3.05, 3.63) is 36.0 Å². The van der Waals surface area contributed by atoms with Gasteiger partial charge in [0.05, 0.1) is 13.2 Å². The number of nitrogens with zero attached hydrogens (tertiary/aromatic N) is 1. The van der Waals surface area contributed by atoms with Gasteiger partial charge < -0.3 is 14.6 Å². The molecule has 1 aliphatic rings. The Labute approximate surface area is 150 Å². The third kappa shape index (κ3) is 3.32. The van der Waals surface area contributed by atoms with Crippen molar-refractivity contribution < 1.29 is 22.7 Å². The number of carbonyl (C=O) groups excluding carboxylic acids is 1. The van der Waals surface area contributed by atoms with Crippen LogP contribution in [0.2, 0.25) is 0 Å². The van der Waals surface area contributed by atoms with Gasteiger partial charge in [0.2, 0.25) is 0 Å². The normalized spacial score (nSPS) is 21.3. The molecule has 1 aromatic heterocycles. The smallest absolute Gasteiger partial charge is 0.377 e. The highest BCUT2D eigenvalue weighted by molar-refractivity contribution is 5.98. The summed E-state index contributed by atoms with van der Waals surface area (Å²) < 4.78 is 47.4. The van der Waals surface area contributed by atoms with Crippen LogP contribution in [0.15, 0.2) is 30.5 Å². The van der Waals surface area contributed by atoms with Crippen LogP contribution in [0.4, 0.5) is 13.2 Å². The number of morpholine rings is 1. The lowest BCUT2D eigenvalue weighted by Crippen LogP contribution is -2.66.